The van der Waals surface area contributed by atoms with Gasteiger partial charge in [-0.25, -0.2) is 9.79 Å². The highest BCUT2D eigenvalue weighted by Gasteiger charge is 2.34. The highest BCUT2D eigenvalue weighted by atomic mass is 32.2. The van der Waals surface area contributed by atoms with Crippen molar-refractivity contribution in [2.75, 3.05) is 32.6 Å². The van der Waals surface area contributed by atoms with Crippen molar-refractivity contribution in [3.63, 3.8) is 0 Å². The molecule has 0 saturated carbocycles. The summed E-state index contributed by atoms with van der Waals surface area (Å²) in [6.45, 7) is 7.84. The number of thioether (sulfide) groups is 1. The van der Waals surface area contributed by atoms with Crippen molar-refractivity contribution >= 4 is 52.0 Å². The molecule has 9 nitrogen and oxygen atoms in total. The average molecular weight is 631 g/mol. The number of para-hydroxylation sites is 1. The number of allylic oxidation sites excluding steroid dienone is 1. The summed E-state index contributed by atoms with van der Waals surface area (Å²) in [4.78, 5) is 48.8. The van der Waals surface area contributed by atoms with E-state index in [1.165, 1.54) is 11.3 Å². The number of hydrogen-bond donors (Lipinski definition) is 0. The van der Waals surface area contributed by atoms with Crippen molar-refractivity contribution in [2.24, 2.45) is 4.99 Å². The minimum Gasteiger partial charge on any atom is -0.459 e. The molecule has 1 atom stereocenters. The van der Waals surface area contributed by atoms with Crippen LogP contribution in [0.5, 0.6) is 0 Å². The molecule has 0 aliphatic carbocycles. The molecule has 1 fully saturated rings. The zero-order chi connectivity index (χ0) is 31.0. The first kappa shape index (κ1) is 30.1. The highest BCUT2D eigenvalue weighted by Crippen LogP contribution is 2.32. The second kappa shape index (κ2) is 12.6. The summed E-state index contributed by atoms with van der Waals surface area (Å²) in [6.07, 6.45) is 5.47. The van der Waals surface area contributed by atoms with Gasteiger partial charge in [-0.3, -0.25) is 14.2 Å². The van der Waals surface area contributed by atoms with Crippen LogP contribution in [0.25, 0.3) is 17.0 Å². The van der Waals surface area contributed by atoms with Gasteiger partial charge in [-0.15, -0.1) is 11.8 Å². The Bertz CT molecular complexity index is 1950. The van der Waals surface area contributed by atoms with E-state index in [0.717, 1.165) is 26.9 Å². The first-order valence-electron chi connectivity index (χ1n) is 14.6. The van der Waals surface area contributed by atoms with Crippen molar-refractivity contribution in [2.45, 2.75) is 44.4 Å². The molecule has 6 rings (SSSR count). The van der Waals surface area contributed by atoms with Crippen LogP contribution < -0.4 is 14.9 Å². The first-order chi connectivity index (χ1) is 21.2. The molecule has 1 amide bonds. The van der Waals surface area contributed by atoms with Gasteiger partial charge in [-0.05, 0) is 56.9 Å². The maximum absolute atomic E-state index is 14.2. The summed E-state index contributed by atoms with van der Waals surface area (Å²) in [5, 5.41) is 0.940. The van der Waals surface area contributed by atoms with E-state index in [1.807, 2.05) is 76.5 Å². The van der Waals surface area contributed by atoms with Crippen LogP contribution >= 0.6 is 23.1 Å². The summed E-state index contributed by atoms with van der Waals surface area (Å²) in [6, 6.07) is 15.1. The predicted octanol–water partition coefficient (Wildman–Crippen LogP) is 3.72. The summed E-state index contributed by atoms with van der Waals surface area (Å²) < 4.78 is 15.1. The van der Waals surface area contributed by atoms with Crippen molar-refractivity contribution in [3.05, 3.63) is 96.8 Å². The fourth-order valence-corrected chi connectivity index (χ4v) is 7.13. The number of fused-ring (bicyclic) bond motifs is 2. The molecule has 4 heterocycles. The zero-order valence-corrected chi connectivity index (χ0v) is 26.7. The molecule has 1 saturated heterocycles. The van der Waals surface area contributed by atoms with Crippen LogP contribution in [0.2, 0.25) is 0 Å². The molecule has 2 aromatic heterocycles. The molecule has 0 radical (unpaired) electrons. The minimum absolute atomic E-state index is 0.0313. The van der Waals surface area contributed by atoms with Gasteiger partial charge in [0.2, 0.25) is 5.91 Å². The van der Waals surface area contributed by atoms with Gasteiger partial charge < -0.3 is 18.9 Å². The molecule has 4 aromatic rings. The smallest absolute Gasteiger partial charge is 0.338 e. The van der Waals surface area contributed by atoms with Crippen LogP contribution in [0.15, 0.2) is 80.7 Å². The summed E-state index contributed by atoms with van der Waals surface area (Å²) in [7, 11) is 0. The Kier molecular flexibility index (Phi) is 8.61. The number of carbonyl (C=O) groups is 2. The quantitative estimate of drug-likeness (QED) is 0.228. The molecular weight excluding hydrogens is 597 g/mol. The maximum Gasteiger partial charge on any atom is 0.338 e. The molecule has 0 spiro atoms. The number of benzene rings is 2. The standard InChI is InChI=1S/C33H34N4O5S2/c1-20(2)42-32(40)29-21(3)34-33-37(30(29)22-9-11-24(43-4)12-10-22)31(39)27(44-33)17-23-18-36(26-8-6-5-7-25(23)26)19-28(38)35-13-15-41-16-14-35/h5-12,17-18,20,30H,13-16,19H2,1-4H3/b27-17-/t30-/m0/s1. The average Bonchev–Trinajstić information content (AvgIpc) is 3.52. The molecule has 0 N–H and O–H groups in total. The largest absolute Gasteiger partial charge is 0.459 e. The number of carbonyl (C=O) groups excluding carboxylic acids is 2. The molecule has 44 heavy (non-hydrogen) atoms. The third kappa shape index (κ3) is 5.79. The Hall–Kier alpha value is -3.93. The molecule has 0 bridgehead atoms. The normalized spacial score (nSPS) is 17.2. The van der Waals surface area contributed by atoms with E-state index in [9.17, 15) is 14.4 Å². The molecule has 11 heteroatoms. The Morgan fingerprint density at radius 3 is 2.57 bits per heavy atom. The lowest BCUT2D eigenvalue weighted by Gasteiger charge is -2.27. The molecule has 2 aromatic carbocycles. The fraction of sp³-hybridized carbons (Fsp3) is 0.333. The van der Waals surface area contributed by atoms with E-state index in [0.29, 0.717) is 46.9 Å². The van der Waals surface area contributed by atoms with E-state index in [2.05, 4.69) is 0 Å². The SMILES string of the molecule is CSc1ccc([C@H]2C(C(=O)OC(C)C)=C(C)N=c3s/c(=C\c4cn(CC(=O)N5CCOCC5)c5ccccc45)c(=O)n32)cc1. The third-order valence-electron chi connectivity index (χ3n) is 7.79. The van der Waals surface area contributed by atoms with Crippen molar-refractivity contribution in [1.82, 2.24) is 14.0 Å². The van der Waals surface area contributed by atoms with Crippen molar-refractivity contribution in [3.8, 4) is 0 Å². The van der Waals surface area contributed by atoms with Crippen LogP contribution in [0.4, 0.5) is 0 Å². The van der Waals surface area contributed by atoms with Gasteiger partial charge in [0.15, 0.2) is 4.80 Å². The second-order valence-electron chi connectivity index (χ2n) is 11.0. The van der Waals surface area contributed by atoms with Gasteiger partial charge in [0.1, 0.15) is 6.54 Å². The number of esters is 1. The van der Waals surface area contributed by atoms with E-state index < -0.39 is 12.0 Å². The van der Waals surface area contributed by atoms with Crippen molar-refractivity contribution < 1.29 is 19.1 Å². The van der Waals surface area contributed by atoms with Crippen LogP contribution in [0.1, 0.15) is 37.9 Å². The first-order valence-corrected chi connectivity index (χ1v) is 16.6. The molecule has 0 unspecified atom stereocenters. The van der Waals surface area contributed by atoms with Crippen LogP contribution in [-0.2, 0) is 25.6 Å². The number of ether oxygens (including phenoxy) is 2. The van der Waals surface area contributed by atoms with E-state index in [1.54, 1.807) is 37.1 Å². The Morgan fingerprint density at radius 2 is 1.86 bits per heavy atom. The van der Waals surface area contributed by atoms with Gasteiger partial charge in [0, 0.05) is 40.6 Å². The number of thiazole rings is 1. The lowest BCUT2D eigenvalue weighted by atomic mass is 9.96. The van der Waals surface area contributed by atoms with Gasteiger partial charge >= 0.3 is 5.97 Å². The number of rotatable bonds is 7. The third-order valence-corrected chi connectivity index (χ3v) is 9.52. The van der Waals surface area contributed by atoms with Crippen molar-refractivity contribution in [1.29, 1.82) is 0 Å². The summed E-state index contributed by atoms with van der Waals surface area (Å²) in [5.74, 6) is -0.453. The van der Waals surface area contributed by atoms with Gasteiger partial charge in [-0.2, -0.15) is 0 Å². The zero-order valence-electron chi connectivity index (χ0n) is 25.1. The highest BCUT2D eigenvalue weighted by molar-refractivity contribution is 7.98. The summed E-state index contributed by atoms with van der Waals surface area (Å²) in [5.41, 5.74) is 3.19. The van der Waals surface area contributed by atoms with Crippen LogP contribution in [0, 0.1) is 0 Å². The molecule has 2 aliphatic heterocycles. The molecule has 228 valence electrons. The summed E-state index contributed by atoms with van der Waals surface area (Å²) >= 11 is 2.91. The molecule has 2 aliphatic rings. The maximum atomic E-state index is 14.2. The fourth-order valence-electron chi connectivity index (χ4n) is 5.68. The Morgan fingerprint density at radius 1 is 1.14 bits per heavy atom. The lowest BCUT2D eigenvalue weighted by Crippen LogP contribution is -2.42. The van der Waals surface area contributed by atoms with Crippen LogP contribution in [0.3, 0.4) is 0 Å². The number of hydrogen-bond acceptors (Lipinski definition) is 8. The number of nitrogens with zero attached hydrogens (tertiary/aromatic N) is 4. The topological polar surface area (TPSA) is 95.1 Å². The van der Waals surface area contributed by atoms with Gasteiger partial charge in [-0.1, -0.05) is 41.7 Å². The van der Waals surface area contributed by atoms with Gasteiger partial charge in [0.05, 0.1) is 41.2 Å². The number of aromatic nitrogens is 2. The number of amides is 1. The predicted molar refractivity (Wildman–Crippen MR) is 173 cm³/mol. The van der Waals surface area contributed by atoms with E-state index >= 15 is 0 Å². The van der Waals surface area contributed by atoms with E-state index in [-0.39, 0.29) is 24.1 Å². The second-order valence-corrected chi connectivity index (χ2v) is 12.9. The Labute approximate surface area is 263 Å². The van der Waals surface area contributed by atoms with E-state index in [4.69, 9.17) is 14.5 Å². The van der Waals surface area contributed by atoms with Gasteiger partial charge in [0.25, 0.3) is 5.56 Å². The lowest BCUT2D eigenvalue weighted by molar-refractivity contribution is -0.143. The van der Waals surface area contributed by atoms with Crippen LogP contribution in [-0.4, -0.2) is 64.6 Å². The minimum atomic E-state index is -0.678. The monoisotopic (exact) mass is 630 g/mol. The molecular formula is C33H34N4O5S2. The Balaban J connectivity index is 1.46. The number of morpholine rings is 1.